The first-order chi connectivity index (χ1) is 10.8. The topological polar surface area (TPSA) is 83.9 Å². The monoisotopic (exact) mass is 327 g/mol. The molecule has 2 rings (SSSR count). The van der Waals surface area contributed by atoms with Crippen LogP contribution in [0.1, 0.15) is 34.1 Å². The Morgan fingerprint density at radius 2 is 1.78 bits per heavy atom. The third-order valence-corrected chi connectivity index (χ3v) is 3.47. The number of fused-ring (bicyclic) bond motifs is 1. The van der Waals surface area contributed by atoms with E-state index >= 15 is 0 Å². The van der Waals surface area contributed by atoms with Crippen molar-refractivity contribution in [2.75, 3.05) is 13.2 Å². The molecule has 1 aromatic carbocycles. The number of nitrogens with zero attached hydrogens (tertiary/aromatic N) is 1. The van der Waals surface area contributed by atoms with E-state index < -0.39 is 42.8 Å². The van der Waals surface area contributed by atoms with Crippen LogP contribution in [0.5, 0.6) is 0 Å². The summed E-state index contributed by atoms with van der Waals surface area (Å²) in [6.45, 7) is 0.682. The second kappa shape index (κ2) is 6.41. The zero-order chi connectivity index (χ0) is 17.2. The molecule has 0 bridgehead atoms. The second-order valence-corrected chi connectivity index (χ2v) is 4.96. The van der Waals surface area contributed by atoms with Gasteiger partial charge in [-0.05, 0) is 25.5 Å². The normalized spacial score (nSPS) is 15.6. The molecule has 1 N–H and O–H groups in total. The lowest BCUT2D eigenvalue weighted by Crippen LogP contribution is -2.45. The number of aliphatic hydroxyl groups is 1. The summed E-state index contributed by atoms with van der Waals surface area (Å²) in [5, 5.41) is 9.52. The molecule has 0 aliphatic carbocycles. The van der Waals surface area contributed by atoms with E-state index in [0.717, 1.165) is 4.90 Å². The minimum atomic E-state index is -4.10. The summed E-state index contributed by atoms with van der Waals surface area (Å²) < 4.78 is 31.4. The molecule has 0 spiro atoms. The lowest BCUT2D eigenvalue weighted by molar-refractivity contribution is -0.188. The maximum Gasteiger partial charge on any atom is 0.379 e. The number of benzene rings is 1. The van der Waals surface area contributed by atoms with Crippen molar-refractivity contribution in [3.05, 3.63) is 35.4 Å². The Bertz CT molecular complexity index is 612. The van der Waals surface area contributed by atoms with Gasteiger partial charge in [0.1, 0.15) is 6.10 Å². The number of imide groups is 1. The molecule has 0 aromatic heterocycles. The minimum absolute atomic E-state index is 0.184. The van der Waals surface area contributed by atoms with Gasteiger partial charge >= 0.3 is 11.9 Å². The van der Waals surface area contributed by atoms with Gasteiger partial charge in [0.2, 0.25) is 0 Å². The predicted octanol–water partition coefficient (Wildman–Crippen LogP) is 1.23. The van der Waals surface area contributed by atoms with E-state index in [2.05, 4.69) is 4.74 Å². The van der Waals surface area contributed by atoms with Crippen molar-refractivity contribution in [1.29, 1.82) is 0 Å². The van der Waals surface area contributed by atoms with Gasteiger partial charge in [0.15, 0.2) is 0 Å². The molecule has 1 aliphatic heterocycles. The molecule has 0 fully saturated rings. The van der Waals surface area contributed by atoms with Crippen LogP contribution in [-0.2, 0) is 9.53 Å². The minimum Gasteiger partial charge on any atom is -0.461 e. The van der Waals surface area contributed by atoms with Gasteiger partial charge < -0.3 is 9.84 Å². The van der Waals surface area contributed by atoms with Crippen LogP contribution < -0.4 is 0 Å². The van der Waals surface area contributed by atoms with E-state index in [9.17, 15) is 28.3 Å². The Balaban J connectivity index is 2.03. The molecule has 2 amide bonds. The smallest absolute Gasteiger partial charge is 0.379 e. The molecule has 124 valence electrons. The Kier molecular flexibility index (Phi) is 4.74. The highest BCUT2D eigenvalue weighted by atomic mass is 19.3. The maximum absolute atomic E-state index is 13.6. The van der Waals surface area contributed by atoms with Crippen LogP contribution in [0.2, 0.25) is 0 Å². The number of hydrogen-bond donors (Lipinski definition) is 1. The van der Waals surface area contributed by atoms with Crippen molar-refractivity contribution < 1.29 is 33.0 Å². The molecule has 23 heavy (non-hydrogen) atoms. The summed E-state index contributed by atoms with van der Waals surface area (Å²) in [6, 6.07) is 6.08. The molecule has 8 heteroatoms. The third-order valence-electron chi connectivity index (χ3n) is 3.47. The van der Waals surface area contributed by atoms with Crippen molar-refractivity contribution in [1.82, 2.24) is 4.90 Å². The van der Waals surface area contributed by atoms with Gasteiger partial charge in [0.25, 0.3) is 11.8 Å². The van der Waals surface area contributed by atoms with E-state index in [4.69, 9.17) is 0 Å². The molecule has 0 saturated carbocycles. The highest BCUT2D eigenvalue weighted by Gasteiger charge is 2.48. The Morgan fingerprint density at radius 3 is 2.26 bits per heavy atom. The quantitative estimate of drug-likeness (QED) is 0.628. The Labute approximate surface area is 130 Å². The first-order valence-electron chi connectivity index (χ1n) is 6.99. The summed E-state index contributed by atoms with van der Waals surface area (Å²) in [4.78, 5) is 36.0. The highest BCUT2D eigenvalue weighted by molar-refractivity contribution is 6.21. The second-order valence-electron chi connectivity index (χ2n) is 4.96. The number of rotatable bonds is 6. The van der Waals surface area contributed by atoms with E-state index in [1.165, 1.54) is 19.1 Å². The zero-order valence-electron chi connectivity index (χ0n) is 12.3. The van der Waals surface area contributed by atoms with Gasteiger partial charge in [-0.2, -0.15) is 8.78 Å². The van der Waals surface area contributed by atoms with Crippen LogP contribution in [0, 0.1) is 0 Å². The zero-order valence-corrected chi connectivity index (χ0v) is 12.3. The number of ether oxygens (including phenoxy) is 1. The van der Waals surface area contributed by atoms with Crippen LogP contribution >= 0.6 is 0 Å². The maximum atomic E-state index is 13.6. The number of esters is 1. The fourth-order valence-electron chi connectivity index (χ4n) is 2.24. The van der Waals surface area contributed by atoms with Crippen LogP contribution in [0.3, 0.4) is 0 Å². The van der Waals surface area contributed by atoms with Gasteiger partial charge in [0.05, 0.1) is 17.7 Å². The van der Waals surface area contributed by atoms with Crippen molar-refractivity contribution in [3.63, 3.8) is 0 Å². The molecular formula is C15H15F2NO5. The summed E-state index contributed by atoms with van der Waals surface area (Å²) in [6.07, 6.45) is -3.00. The van der Waals surface area contributed by atoms with E-state index in [1.807, 2.05) is 0 Å². The molecule has 6 nitrogen and oxygen atoms in total. The fourth-order valence-corrected chi connectivity index (χ4v) is 2.24. The lowest BCUT2D eigenvalue weighted by Gasteiger charge is -2.22. The molecule has 0 radical (unpaired) electrons. The van der Waals surface area contributed by atoms with E-state index in [0.29, 0.717) is 0 Å². The van der Waals surface area contributed by atoms with Crippen LogP contribution in [0.15, 0.2) is 24.3 Å². The highest BCUT2D eigenvalue weighted by Crippen LogP contribution is 2.26. The largest absolute Gasteiger partial charge is 0.461 e. The van der Waals surface area contributed by atoms with E-state index in [1.54, 1.807) is 12.1 Å². The van der Waals surface area contributed by atoms with Crippen molar-refractivity contribution in [3.8, 4) is 0 Å². The summed E-state index contributed by atoms with van der Waals surface area (Å²) in [5.74, 6) is -7.17. The predicted molar refractivity (Wildman–Crippen MR) is 74.0 cm³/mol. The molecule has 1 aromatic rings. The number of alkyl halides is 2. The van der Waals surface area contributed by atoms with Crippen LogP contribution in [0.4, 0.5) is 8.78 Å². The molecular weight excluding hydrogens is 312 g/mol. The van der Waals surface area contributed by atoms with Crippen LogP contribution in [0.25, 0.3) is 0 Å². The van der Waals surface area contributed by atoms with Crippen molar-refractivity contribution >= 4 is 17.8 Å². The van der Waals surface area contributed by atoms with Crippen molar-refractivity contribution in [2.24, 2.45) is 0 Å². The molecule has 1 aliphatic rings. The van der Waals surface area contributed by atoms with Gasteiger partial charge in [-0.15, -0.1) is 0 Å². The molecule has 0 saturated heterocycles. The Hall–Kier alpha value is -2.35. The number of halogens is 2. The third kappa shape index (κ3) is 3.07. The van der Waals surface area contributed by atoms with Crippen molar-refractivity contribution in [2.45, 2.75) is 25.4 Å². The SMILES string of the molecule is CCOC(=O)C(F)(F)C(O)CCN1C(=O)c2ccccc2C1=O. The first kappa shape index (κ1) is 17.0. The van der Waals surface area contributed by atoms with Crippen LogP contribution in [-0.4, -0.2) is 53.0 Å². The van der Waals surface area contributed by atoms with Gasteiger partial charge in [0, 0.05) is 6.54 Å². The number of hydrogen-bond acceptors (Lipinski definition) is 5. The number of amides is 2. The number of aliphatic hydroxyl groups excluding tert-OH is 1. The van der Waals surface area contributed by atoms with Gasteiger partial charge in [-0.1, -0.05) is 12.1 Å². The summed E-state index contributed by atoms with van der Waals surface area (Å²) >= 11 is 0. The average molecular weight is 327 g/mol. The molecule has 1 unspecified atom stereocenters. The molecule has 1 atom stereocenters. The average Bonchev–Trinajstić information content (AvgIpc) is 2.77. The van der Waals surface area contributed by atoms with E-state index in [-0.39, 0.29) is 17.7 Å². The summed E-state index contributed by atoms with van der Waals surface area (Å²) in [5.41, 5.74) is 0.369. The number of carbonyl (C=O) groups excluding carboxylic acids is 3. The molecule has 1 heterocycles. The fraction of sp³-hybridized carbons (Fsp3) is 0.400. The lowest BCUT2D eigenvalue weighted by atomic mass is 10.1. The first-order valence-corrected chi connectivity index (χ1v) is 6.99. The number of carbonyl (C=O) groups is 3. The van der Waals surface area contributed by atoms with Gasteiger partial charge in [-0.3, -0.25) is 14.5 Å². The summed E-state index contributed by atoms with van der Waals surface area (Å²) in [7, 11) is 0. The standard InChI is InChI=1S/C15H15F2NO5/c1-2-23-14(22)15(16,17)11(19)7-8-18-12(20)9-5-3-4-6-10(9)13(18)21/h3-6,11,19H,2,7-8H2,1H3. The Morgan fingerprint density at radius 1 is 1.26 bits per heavy atom. The van der Waals surface area contributed by atoms with Gasteiger partial charge in [-0.25, -0.2) is 4.79 Å².